The normalized spacial score (nSPS) is 12.5. The van der Waals surface area contributed by atoms with E-state index in [0.29, 0.717) is 16.5 Å². The maximum absolute atomic E-state index is 13.1. The maximum atomic E-state index is 13.1. The van der Waals surface area contributed by atoms with Crippen molar-refractivity contribution >= 4 is 48.4 Å². The van der Waals surface area contributed by atoms with Crippen molar-refractivity contribution in [2.45, 2.75) is 18.0 Å². The molecular formula is C16H13BrF3IN4O2S. The summed E-state index contributed by atoms with van der Waals surface area (Å²) in [6.07, 6.45) is -1.29. The summed E-state index contributed by atoms with van der Waals surface area (Å²) < 4.78 is 68.8. The van der Waals surface area contributed by atoms with E-state index in [1.807, 2.05) is 0 Å². The molecule has 3 rings (SSSR count). The van der Waals surface area contributed by atoms with E-state index in [1.165, 1.54) is 6.92 Å². The van der Waals surface area contributed by atoms with E-state index in [9.17, 15) is 21.6 Å². The van der Waals surface area contributed by atoms with Gasteiger partial charge >= 0.3 is 6.18 Å². The van der Waals surface area contributed by atoms with Crippen LogP contribution >= 0.6 is 38.5 Å². The van der Waals surface area contributed by atoms with E-state index < -0.39 is 26.5 Å². The highest BCUT2D eigenvalue weighted by molar-refractivity contribution is 14.1. The van der Waals surface area contributed by atoms with Crippen molar-refractivity contribution in [2.75, 3.05) is 5.75 Å². The van der Waals surface area contributed by atoms with E-state index in [2.05, 4.69) is 48.6 Å². The molecule has 0 fully saturated rings. The Balaban J connectivity index is 2.27. The number of hydrogen-bond acceptors (Lipinski definition) is 4. The van der Waals surface area contributed by atoms with Crippen LogP contribution in [0.5, 0.6) is 0 Å². The van der Waals surface area contributed by atoms with E-state index in [0.717, 1.165) is 15.7 Å². The third-order valence-electron chi connectivity index (χ3n) is 4.06. The van der Waals surface area contributed by atoms with Crippen molar-refractivity contribution in [3.63, 3.8) is 0 Å². The van der Waals surface area contributed by atoms with Gasteiger partial charge in [-0.15, -0.1) is 0 Å². The Kier molecular flexibility index (Phi) is 5.66. The summed E-state index contributed by atoms with van der Waals surface area (Å²) in [7, 11) is -2.30. The molecule has 1 aromatic carbocycles. The number of nitrogens with zero attached hydrogens (tertiary/aromatic N) is 4. The quantitative estimate of drug-likeness (QED) is 0.422. The summed E-state index contributed by atoms with van der Waals surface area (Å²) in [5.41, 5.74) is -0.940. The van der Waals surface area contributed by atoms with Crippen LogP contribution in [0.2, 0.25) is 0 Å². The molecule has 3 aromatic rings. The molecule has 0 bridgehead atoms. The molecule has 6 nitrogen and oxygen atoms in total. The van der Waals surface area contributed by atoms with Gasteiger partial charge in [-0.25, -0.2) is 18.1 Å². The van der Waals surface area contributed by atoms with Gasteiger partial charge in [0.1, 0.15) is 5.82 Å². The molecule has 150 valence electrons. The van der Waals surface area contributed by atoms with Gasteiger partial charge in [-0.2, -0.15) is 18.3 Å². The lowest BCUT2D eigenvalue weighted by molar-refractivity contribution is -0.137. The lowest BCUT2D eigenvalue weighted by atomic mass is 10.1. The van der Waals surface area contributed by atoms with Gasteiger partial charge in [-0.3, -0.25) is 0 Å². The minimum absolute atomic E-state index is 0.0890. The van der Waals surface area contributed by atoms with Crippen molar-refractivity contribution < 1.29 is 21.6 Å². The Morgan fingerprint density at radius 2 is 1.96 bits per heavy atom. The van der Waals surface area contributed by atoms with Crippen LogP contribution in [0.25, 0.3) is 17.2 Å². The fourth-order valence-corrected chi connectivity index (χ4v) is 4.77. The SMILES string of the molecule is CCS(=O)(=O)c1cc(C(F)(F)F)ccc1-c1nc(Br)c(-n2cc(I)cn2)n1C. The highest BCUT2D eigenvalue weighted by Gasteiger charge is 2.33. The fraction of sp³-hybridized carbons (Fsp3) is 0.250. The van der Waals surface area contributed by atoms with Gasteiger partial charge in [0, 0.05) is 18.8 Å². The van der Waals surface area contributed by atoms with Crippen LogP contribution < -0.4 is 0 Å². The van der Waals surface area contributed by atoms with Gasteiger partial charge in [-0.1, -0.05) is 6.92 Å². The van der Waals surface area contributed by atoms with Crippen LogP contribution in [0, 0.1) is 3.57 Å². The molecular weight excluding hydrogens is 576 g/mol. The van der Waals surface area contributed by atoms with Crippen molar-refractivity contribution in [3.8, 4) is 17.2 Å². The van der Waals surface area contributed by atoms with Gasteiger partial charge in [0.2, 0.25) is 0 Å². The third-order valence-corrected chi connectivity index (χ3v) is 6.91. The van der Waals surface area contributed by atoms with Gasteiger partial charge in [0.25, 0.3) is 0 Å². The van der Waals surface area contributed by atoms with Crippen molar-refractivity contribution in [1.82, 2.24) is 19.3 Å². The molecule has 0 spiro atoms. The average Bonchev–Trinajstić information content (AvgIpc) is 3.16. The number of sulfone groups is 1. The highest BCUT2D eigenvalue weighted by Crippen LogP contribution is 2.37. The van der Waals surface area contributed by atoms with E-state index >= 15 is 0 Å². The van der Waals surface area contributed by atoms with E-state index in [1.54, 1.807) is 28.7 Å². The number of benzene rings is 1. The first-order valence-corrected chi connectivity index (χ1v) is 11.3. The molecule has 0 atom stereocenters. The number of alkyl halides is 3. The van der Waals surface area contributed by atoms with Crippen molar-refractivity contribution in [1.29, 1.82) is 0 Å². The minimum Gasteiger partial charge on any atom is -0.311 e. The Labute approximate surface area is 181 Å². The Hall–Kier alpha value is -1.41. The monoisotopic (exact) mass is 588 g/mol. The Morgan fingerprint density at radius 3 is 2.50 bits per heavy atom. The molecule has 28 heavy (non-hydrogen) atoms. The zero-order valence-electron chi connectivity index (χ0n) is 14.5. The lowest BCUT2D eigenvalue weighted by Crippen LogP contribution is -2.12. The molecule has 2 aromatic heterocycles. The average molecular weight is 589 g/mol. The molecule has 0 aliphatic rings. The summed E-state index contributed by atoms with van der Waals surface area (Å²) in [6.45, 7) is 1.38. The summed E-state index contributed by atoms with van der Waals surface area (Å²) in [6, 6.07) is 2.65. The molecule has 12 heteroatoms. The Bertz CT molecular complexity index is 1160. The second kappa shape index (κ2) is 7.44. The first kappa shape index (κ1) is 21.3. The summed E-state index contributed by atoms with van der Waals surface area (Å²) in [5.74, 6) is 0.377. The maximum Gasteiger partial charge on any atom is 0.416 e. The largest absolute Gasteiger partial charge is 0.416 e. The summed E-state index contributed by atoms with van der Waals surface area (Å²) >= 11 is 5.41. The molecule has 0 aliphatic carbocycles. The number of aromatic nitrogens is 4. The van der Waals surface area contributed by atoms with Crippen LogP contribution in [0.3, 0.4) is 0 Å². The molecule has 0 saturated carbocycles. The first-order chi connectivity index (χ1) is 13.0. The van der Waals surface area contributed by atoms with E-state index in [4.69, 9.17) is 0 Å². The second-order valence-corrected chi connectivity index (χ2v) is 10.1. The van der Waals surface area contributed by atoms with Crippen molar-refractivity contribution in [2.24, 2.45) is 7.05 Å². The smallest absolute Gasteiger partial charge is 0.311 e. The van der Waals surface area contributed by atoms with Crippen LogP contribution in [0.15, 0.2) is 40.1 Å². The number of hydrogen-bond donors (Lipinski definition) is 0. The van der Waals surface area contributed by atoms with Crippen LogP contribution in [0.1, 0.15) is 12.5 Å². The second-order valence-electron chi connectivity index (χ2n) is 5.82. The molecule has 0 radical (unpaired) electrons. The van der Waals surface area contributed by atoms with Gasteiger partial charge < -0.3 is 4.57 Å². The fourth-order valence-electron chi connectivity index (χ4n) is 2.66. The Morgan fingerprint density at radius 1 is 1.29 bits per heavy atom. The van der Waals surface area contributed by atoms with Crippen LogP contribution in [-0.2, 0) is 23.1 Å². The molecule has 0 saturated heterocycles. The predicted octanol–water partition coefficient (Wildman–Crippen LogP) is 4.45. The summed E-state index contributed by atoms with van der Waals surface area (Å²) in [5, 5.41) is 4.20. The standard InChI is InChI=1S/C16H13BrF3IN4O2S/c1-3-28(26,27)12-6-9(16(18,19)20)4-5-11(12)14-23-13(17)15(24(14)2)25-8-10(21)7-22-25/h4-8H,3H2,1-2H3. The zero-order chi connectivity index (χ0) is 20.9. The highest BCUT2D eigenvalue weighted by atomic mass is 127. The number of halogens is 5. The van der Waals surface area contributed by atoms with Gasteiger partial charge in [0.05, 0.1) is 26.0 Å². The first-order valence-electron chi connectivity index (χ1n) is 7.83. The lowest BCUT2D eigenvalue weighted by Gasteiger charge is -2.14. The van der Waals surface area contributed by atoms with Crippen molar-refractivity contribution in [3.05, 3.63) is 44.3 Å². The summed E-state index contributed by atoms with van der Waals surface area (Å²) in [4.78, 5) is 3.93. The zero-order valence-corrected chi connectivity index (χ0v) is 19.1. The van der Waals surface area contributed by atoms with Gasteiger partial charge in [-0.05, 0) is 56.7 Å². The third kappa shape index (κ3) is 3.85. The van der Waals surface area contributed by atoms with E-state index in [-0.39, 0.29) is 17.1 Å². The van der Waals surface area contributed by atoms with Crippen LogP contribution in [-0.4, -0.2) is 33.5 Å². The minimum atomic E-state index is -4.66. The molecule has 0 amide bonds. The number of imidazole rings is 1. The van der Waals surface area contributed by atoms with Crippen LogP contribution in [0.4, 0.5) is 13.2 Å². The molecule has 0 aliphatic heterocycles. The topological polar surface area (TPSA) is 69.8 Å². The molecule has 2 heterocycles. The molecule has 0 N–H and O–H groups in total. The predicted molar refractivity (Wildman–Crippen MR) is 109 cm³/mol. The number of rotatable bonds is 4. The molecule has 0 unspecified atom stereocenters. The van der Waals surface area contributed by atoms with Gasteiger partial charge in [0.15, 0.2) is 20.3 Å².